The van der Waals surface area contributed by atoms with Crippen LogP contribution in [-0.4, -0.2) is 20.5 Å². The van der Waals surface area contributed by atoms with Gasteiger partial charge < -0.3 is 14.5 Å². The number of rotatable bonds is 4. The summed E-state index contributed by atoms with van der Waals surface area (Å²) in [5.74, 6) is 3.00. The molecule has 0 unspecified atom stereocenters. The van der Waals surface area contributed by atoms with Gasteiger partial charge in [-0.1, -0.05) is 30.3 Å². The quantitative estimate of drug-likeness (QED) is 0.492. The molecule has 7 heteroatoms. The maximum Gasteiger partial charge on any atom is 0.226 e. The number of anilines is 1. The number of nitrogens with zero attached hydrogens (tertiary/aromatic N) is 3. The first-order chi connectivity index (χ1) is 15.8. The molecule has 1 aliphatic heterocycles. The van der Waals surface area contributed by atoms with E-state index in [4.69, 9.17) is 9.15 Å². The van der Waals surface area contributed by atoms with Gasteiger partial charge in [-0.25, -0.2) is 4.68 Å². The second-order valence-electron chi connectivity index (χ2n) is 7.98. The number of ether oxygens (including phenoxy) is 1. The summed E-state index contributed by atoms with van der Waals surface area (Å²) in [6.45, 7) is 0. The summed E-state index contributed by atoms with van der Waals surface area (Å²) in [5, 5.41) is 7.75. The summed E-state index contributed by atoms with van der Waals surface area (Å²) in [5.41, 5.74) is 2.52. The van der Waals surface area contributed by atoms with E-state index in [1.807, 2.05) is 66.7 Å². The number of carbonyl (C=O) groups is 1. The summed E-state index contributed by atoms with van der Waals surface area (Å²) < 4.78 is 13.4. The Hall–Kier alpha value is -4.13. The van der Waals surface area contributed by atoms with E-state index >= 15 is 0 Å². The van der Waals surface area contributed by atoms with Crippen LogP contribution in [0.25, 0.3) is 0 Å². The van der Waals surface area contributed by atoms with Gasteiger partial charge in [0, 0.05) is 23.6 Å². The Balaban J connectivity index is 1.40. The Kier molecular flexibility index (Phi) is 4.38. The van der Waals surface area contributed by atoms with E-state index in [1.165, 1.54) is 6.33 Å². The summed E-state index contributed by atoms with van der Waals surface area (Å²) in [6, 6.07) is 20.8. The Morgan fingerprint density at radius 3 is 2.72 bits per heavy atom. The minimum atomic E-state index is -0.367. The van der Waals surface area contributed by atoms with E-state index in [9.17, 15) is 4.79 Å². The van der Waals surface area contributed by atoms with Gasteiger partial charge in [-0.15, -0.1) is 0 Å². The zero-order valence-corrected chi connectivity index (χ0v) is 17.1. The van der Waals surface area contributed by atoms with Crippen molar-refractivity contribution in [2.24, 2.45) is 0 Å². The molecule has 0 fully saturated rings. The number of fused-ring (bicyclic) bond motifs is 1. The lowest BCUT2D eigenvalue weighted by Crippen LogP contribution is -2.33. The van der Waals surface area contributed by atoms with Gasteiger partial charge in [0.2, 0.25) is 5.95 Å². The number of nitrogens with one attached hydrogen (secondary N) is 1. The van der Waals surface area contributed by atoms with Crippen LogP contribution in [0.1, 0.15) is 36.1 Å². The molecule has 32 heavy (non-hydrogen) atoms. The van der Waals surface area contributed by atoms with Crippen molar-refractivity contribution < 1.29 is 13.9 Å². The third-order valence-electron chi connectivity index (χ3n) is 5.96. The maximum atomic E-state index is 13.4. The van der Waals surface area contributed by atoms with Crippen LogP contribution < -0.4 is 10.1 Å². The predicted molar refractivity (Wildman–Crippen MR) is 117 cm³/mol. The minimum absolute atomic E-state index is 0.00613. The van der Waals surface area contributed by atoms with Gasteiger partial charge in [0.1, 0.15) is 29.6 Å². The van der Waals surface area contributed by atoms with E-state index in [2.05, 4.69) is 15.4 Å². The van der Waals surface area contributed by atoms with Crippen LogP contribution in [0.5, 0.6) is 11.5 Å². The van der Waals surface area contributed by atoms with Crippen LogP contribution in [-0.2, 0) is 4.79 Å². The number of furan rings is 1. The zero-order chi connectivity index (χ0) is 21.5. The molecule has 7 nitrogen and oxygen atoms in total. The SMILES string of the molecule is O=C1C[C@H](c2ccco2)CC2=C1[C@@H](c1cccc(Oc3ccccc3)c1)n1ncnc1N2. The Labute approximate surface area is 184 Å². The first kappa shape index (κ1) is 18.6. The van der Waals surface area contributed by atoms with Crippen molar-refractivity contribution in [2.45, 2.75) is 24.8 Å². The average Bonchev–Trinajstić information content (AvgIpc) is 3.51. The summed E-state index contributed by atoms with van der Waals surface area (Å²) in [7, 11) is 0. The smallest absolute Gasteiger partial charge is 0.226 e. The van der Waals surface area contributed by atoms with E-state index in [-0.39, 0.29) is 17.7 Å². The molecule has 0 amide bonds. The van der Waals surface area contributed by atoms with E-state index in [0.717, 1.165) is 28.3 Å². The number of ketones is 1. The number of Topliss-reactive ketones (excluding diaryl/α,β-unsaturated/α-hetero) is 1. The predicted octanol–water partition coefficient (Wildman–Crippen LogP) is 5.08. The van der Waals surface area contributed by atoms with Crippen LogP contribution in [0.4, 0.5) is 5.95 Å². The molecule has 3 heterocycles. The minimum Gasteiger partial charge on any atom is -0.469 e. The van der Waals surface area contributed by atoms with Crippen molar-refractivity contribution in [3.63, 3.8) is 0 Å². The Morgan fingerprint density at radius 1 is 1.00 bits per heavy atom. The number of carbonyl (C=O) groups excluding carboxylic acids is 1. The van der Waals surface area contributed by atoms with Gasteiger partial charge >= 0.3 is 0 Å². The van der Waals surface area contributed by atoms with Crippen molar-refractivity contribution >= 4 is 11.7 Å². The third kappa shape index (κ3) is 3.19. The standard InChI is InChI=1S/C25H20N4O3/c30-21-14-17(22-10-5-11-31-22)13-20-23(21)24(29-25(28-20)26-15-27-29)16-6-4-9-19(12-16)32-18-7-2-1-3-8-18/h1-12,15,17,24H,13-14H2,(H,26,27,28)/t17-,24-/m1/s1. The molecule has 2 atom stereocenters. The fourth-order valence-corrected chi connectivity index (χ4v) is 4.56. The van der Waals surface area contributed by atoms with E-state index in [0.29, 0.717) is 24.5 Å². The molecule has 2 aliphatic rings. The molecule has 0 saturated heterocycles. The second-order valence-corrected chi connectivity index (χ2v) is 7.98. The summed E-state index contributed by atoms with van der Waals surface area (Å²) >= 11 is 0. The molecule has 2 aromatic carbocycles. The van der Waals surface area contributed by atoms with E-state index in [1.54, 1.807) is 10.9 Å². The molecule has 1 N–H and O–H groups in total. The third-order valence-corrected chi connectivity index (χ3v) is 5.96. The highest BCUT2D eigenvalue weighted by Crippen LogP contribution is 2.44. The summed E-state index contributed by atoms with van der Waals surface area (Å²) in [4.78, 5) is 17.8. The molecule has 0 radical (unpaired) electrons. The highest BCUT2D eigenvalue weighted by atomic mass is 16.5. The monoisotopic (exact) mass is 424 g/mol. The molecular formula is C25H20N4O3. The first-order valence-corrected chi connectivity index (χ1v) is 10.6. The Morgan fingerprint density at radius 2 is 1.88 bits per heavy atom. The molecule has 2 aromatic heterocycles. The summed E-state index contributed by atoms with van der Waals surface area (Å²) in [6.07, 6.45) is 4.23. The number of aromatic nitrogens is 3. The van der Waals surface area contributed by atoms with Crippen molar-refractivity contribution in [1.29, 1.82) is 0 Å². The molecule has 4 aromatic rings. The number of hydrogen-bond donors (Lipinski definition) is 1. The number of hydrogen-bond acceptors (Lipinski definition) is 6. The van der Waals surface area contributed by atoms with Gasteiger partial charge in [-0.2, -0.15) is 10.1 Å². The topological polar surface area (TPSA) is 82.2 Å². The van der Waals surface area contributed by atoms with E-state index < -0.39 is 0 Å². The number of allylic oxidation sites excluding steroid dienone is 2. The highest BCUT2D eigenvalue weighted by molar-refractivity contribution is 6.00. The van der Waals surface area contributed by atoms with Crippen LogP contribution in [0.3, 0.4) is 0 Å². The molecular weight excluding hydrogens is 404 g/mol. The molecule has 0 spiro atoms. The van der Waals surface area contributed by atoms with Gasteiger partial charge in [0.25, 0.3) is 0 Å². The highest BCUT2D eigenvalue weighted by Gasteiger charge is 2.40. The number of para-hydroxylation sites is 1. The zero-order valence-electron chi connectivity index (χ0n) is 17.1. The molecule has 6 rings (SSSR count). The molecule has 0 bridgehead atoms. The van der Waals surface area contributed by atoms with Gasteiger partial charge in [-0.3, -0.25) is 4.79 Å². The lowest BCUT2D eigenvalue weighted by Gasteiger charge is -2.34. The van der Waals surface area contributed by atoms with Crippen LogP contribution in [0.2, 0.25) is 0 Å². The van der Waals surface area contributed by atoms with Crippen molar-refractivity contribution in [3.05, 3.63) is 102 Å². The first-order valence-electron chi connectivity index (χ1n) is 10.6. The van der Waals surface area contributed by atoms with Gasteiger partial charge in [0.05, 0.1) is 6.26 Å². The van der Waals surface area contributed by atoms with Crippen LogP contribution in [0, 0.1) is 0 Å². The maximum absolute atomic E-state index is 13.4. The Bertz CT molecular complexity index is 1310. The van der Waals surface area contributed by atoms with Gasteiger partial charge in [-0.05, 0) is 48.4 Å². The fraction of sp³-hybridized carbons (Fsp3) is 0.160. The lowest BCUT2D eigenvalue weighted by atomic mass is 9.79. The van der Waals surface area contributed by atoms with Crippen LogP contribution in [0.15, 0.2) is 95.0 Å². The number of benzene rings is 2. The second kappa shape index (κ2) is 7.53. The van der Waals surface area contributed by atoms with Gasteiger partial charge in [0.15, 0.2) is 5.78 Å². The lowest BCUT2D eigenvalue weighted by molar-refractivity contribution is -0.117. The van der Waals surface area contributed by atoms with Crippen molar-refractivity contribution in [3.8, 4) is 11.5 Å². The normalized spacial score (nSPS) is 19.8. The fourth-order valence-electron chi connectivity index (χ4n) is 4.56. The molecule has 0 saturated carbocycles. The largest absolute Gasteiger partial charge is 0.469 e. The van der Waals surface area contributed by atoms with Crippen molar-refractivity contribution in [1.82, 2.24) is 14.8 Å². The van der Waals surface area contributed by atoms with Crippen LogP contribution >= 0.6 is 0 Å². The molecule has 158 valence electrons. The average molecular weight is 424 g/mol. The van der Waals surface area contributed by atoms with Crippen molar-refractivity contribution in [2.75, 3.05) is 5.32 Å². The molecule has 1 aliphatic carbocycles.